The van der Waals surface area contributed by atoms with Gasteiger partial charge in [0.05, 0.1) is 5.41 Å². The average molecular weight is 421 g/mol. The number of carbonyl (C=O) groups excluding carboxylic acids is 1. The summed E-state index contributed by atoms with van der Waals surface area (Å²) < 4.78 is 41.8. The number of rotatable bonds is 8. The fourth-order valence-corrected chi connectivity index (χ4v) is 4.09. The Balaban J connectivity index is 1.80. The molecule has 1 aliphatic rings. The molecule has 3 nitrogen and oxygen atoms in total. The molecule has 0 aliphatic carbocycles. The lowest BCUT2D eigenvalue weighted by molar-refractivity contribution is -0.191. The molecule has 164 valence electrons. The Morgan fingerprint density at radius 3 is 2.33 bits per heavy atom. The van der Waals surface area contributed by atoms with Crippen molar-refractivity contribution in [3.05, 3.63) is 47.5 Å². The molecule has 1 fully saturated rings. The minimum absolute atomic E-state index is 0.00498. The molecule has 0 aromatic heterocycles. The first-order chi connectivity index (χ1) is 14.1. The zero-order valence-corrected chi connectivity index (χ0v) is 18.0. The second kappa shape index (κ2) is 8.96. The van der Waals surface area contributed by atoms with Crippen LogP contribution in [0.3, 0.4) is 0 Å². The van der Waals surface area contributed by atoms with E-state index in [1.807, 2.05) is 12.1 Å². The summed E-state index contributed by atoms with van der Waals surface area (Å²) in [5.74, 6) is -0.388. The zero-order chi connectivity index (χ0) is 21.9. The molecule has 6 heteroatoms. The Morgan fingerprint density at radius 2 is 1.70 bits per heavy atom. The first-order valence-corrected chi connectivity index (χ1v) is 10.8. The number of hydrogen-bond acceptors (Lipinski definition) is 2. The Kier molecular flexibility index (Phi) is 6.75. The summed E-state index contributed by atoms with van der Waals surface area (Å²) in [6.07, 6.45) is 2.54. The van der Waals surface area contributed by atoms with Crippen LogP contribution in [0.25, 0.3) is 10.8 Å². The predicted molar refractivity (Wildman–Crippen MR) is 114 cm³/mol. The number of unbranched alkanes of at least 4 members (excludes halogenated alkanes) is 4. The van der Waals surface area contributed by atoms with E-state index in [-0.39, 0.29) is 18.0 Å². The van der Waals surface area contributed by atoms with Crippen LogP contribution in [0.1, 0.15) is 70.0 Å². The summed E-state index contributed by atoms with van der Waals surface area (Å²) in [6.45, 7) is 5.50. The van der Waals surface area contributed by atoms with Crippen LogP contribution >= 0.6 is 0 Å². The van der Waals surface area contributed by atoms with Gasteiger partial charge in [-0.15, -0.1) is 0 Å². The highest BCUT2D eigenvalue weighted by atomic mass is 19.4. The van der Waals surface area contributed by atoms with Gasteiger partial charge in [0.1, 0.15) is 6.04 Å². The molecule has 1 N–H and O–H groups in total. The van der Waals surface area contributed by atoms with E-state index in [0.29, 0.717) is 0 Å². The van der Waals surface area contributed by atoms with Crippen LogP contribution in [-0.2, 0) is 11.2 Å². The monoisotopic (exact) mass is 420 g/mol. The number of benzene rings is 2. The van der Waals surface area contributed by atoms with Crippen molar-refractivity contribution in [3.8, 4) is 0 Å². The maximum atomic E-state index is 13.9. The summed E-state index contributed by atoms with van der Waals surface area (Å²) in [7, 11) is 0. The van der Waals surface area contributed by atoms with E-state index in [1.165, 1.54) is 37.3 Å². The van der Waals surface area contributed by atoms with Crippen molar-refractivity contribution < 1.29 is 18.0 Å². The molecule has 1 heterocycles. The molecule has 1 atom stereocenters. The first-order valence-electron chi connectivity index (χ1n) is 10.8. The van der Waals surface area contributed by atoms with Gasteiger partial charge < -0.3 is 0 Å². The molecule has 1 amide bonds. The zero-order valence-electron chi connectivity index (χ0n) is 18.0. The SMILES string of the molecule is CCCCCCCc1ccc2cc(C(N3CC(C)(C)C(=O)N3)C(F)(F)F)ccc2c1. The van der Waals surface area contributed by atoms with E-state index in [9.17, 15) is 18.0 Å². The molecular weight excluding hydrogens is 389 g/mol. The van der Waals surface area contributed by atoms with Crippen molar-refractivity contribution in [1.29, 1.82) is 0 Å². The smallest absolute Gasteiger partial charge is 0.287 e. The van der Waals surface area contributed by atoms with Crippen LogP contribution in [0, 0.1) is 5.41 Å². The molecule has 0 radical (unpaired) electrons. The number of hydrazine groups is 1. The summed E-state index contributed by atoms with van der Waals surface area (Å²) in [6, 6.07) is 9.00. The van der Waals surface area contributed by atoms with Crippen LogP contribution in [0.4, 0.5) is 13.2 Å². The summed E-state index contributed by atoms with van der Waals surface area (Å²) in [4.78, 5) is 12.0. The molecule has 30 heavy (non-hydrogen) atoms. The molecule has 3 rings (SSSR count). The van der Waals surface area contributed by atoms with E-state index < -0.39 is 17.6 Å². The third-order valence-corrected chi connectivity index (χ3v) is 5.86. The first kappa shape index (κ1) is 22.6. The van der Waals surface area contributed by atoms with Crippen LogP contribution < -0.4 is 5.43 Å². The van der Waals surface area contributed by atoms with Crippen LogP contribution in [0.15, 0.2) is 36.4 Å². The van der Waals surface area contributed by atoms with Crippen LogP contribution in [0.5, 0.6) is 0 Å². The topological polar surface area (TPSA) is 32.3 Å². The van der Waals surface area contributed by atoms with Gasteiger partial charge in [-0.1, -0.05) is 62.9 Å². The number of amides is 1. The summed E-state index contributed by atoms with van der Waals surface area (Å²) in [5, 5.41) is 2.74. The van der Waals surface area contributed by atoms with Gasteiger partial charge in [-0.3, -0.25) is 10.2 Å². The predicted octanol–water partition coefficient (Wildman–Crippen LogP) is 6.33. The molecule has 1 aliphatic heterocycles. The second-order valence-corrected chi connectivity index (χ2v) is 9.00. The number of hydrogen-bond donors (Lipinski definition) is 1. The number of nitrogens with zero attached hydrogens (tertiary/aromatic N) is 1. The van der Waals surface area contributed by atoms with Gasteiger partial charge in [-0.2, -0.15) is 13.2 Å². The Bertz CT molecular complexity index is 892. The number of alkyl halides is 3. The van der Waals surface area contributed by atoms with Crippen molar-refractivity contribution in [3.63, 3.8) is 0 Å². The van der Waals surface area contributed by atoms with E-state index in [4.69, 9.17) is 0 Å². The summed E-state index contributed by atoms with van der Waals surface area (Å²) in [5.41, 5.74) is 2.92. The number of carbonyl (C=O) groups is 1. The maximum absolute atomic E-state index is 13.9. The standard InChI is InChI=1S/C24H31F3N2O/c1-4-5-6-7-8-9-17-10-11-19-15-20(13-12-18(19)14-17)21(24(25,26)27)29-16-23(2,3)22(30)28-29/h10-15,21H,4-9,16H2,1-3H3,(H,28,30). The van der Waals surface area contributed by atoms with Crippen LogP contribution in [-0.4, -0.2) is 23.6 Å². The largest absolute Gasteiger partial charge is 0.409 e. The molecule has 2 aromatic rings. The Labute approximate surface area is 176 Å². The van der Waals surface area contributed by atoms with Crippen molar-refractivity contribution in [2.45, 2.75) is 71.5 Å². The number of halogens is 3. The normalized spacial score (nSPS) is 18.0. The third-order valence-electron chi connectivity index (χ3n) is 5.86. The lowest BCUT2D eigenvalue weighted by Gasteiger charge is -2.30. The van der Waals surface area contributed by atoms with Gasteiger partial charge >= 0.3 is 6.18 Å². The van der Waals surface area contributed by atoms with E-state index in [1.54, 1.807) is 26.0 Å². The van der Waals surface area contributed by atoms with E-state index in [0.717, 1.165) is 28.6 Å². The highest BCUT2D eigenvalue weighted by Crippen LogP contribution is 2.41. The van der Waals surface area contributed by atoms with E-state index >= 15 is 0 Å². The van der Waals surface area contributed by atoms with Crippen molar-refractivity contribution in [1.82, 2.24) is 10.4 Å². The van der Waals surface area contributed by atoms with Crippen molar-refractivity contribution in [2.24, 2.45) is 5.41 Å². The maximum Gasteiger partial charge on any atom is 0.409 e. The lowest BCUT2D eigenvalue weighted by atomic mass is 9.93. The fraction of sp³-hybridized carbons (Fsp3) is 0.542. The van der Waals surface area contributed by atoms with Gasteiger partial charge in [0, 0.05) is 6.54 Å². The molecule has 1 saturated heterocycles. The molecule has 0 saturated carbocycles. The quantitative estimate of drug-likeness (QED) is 0.506. The molecule has 0 bridgehead atoms. The fourth-order valence-electron chi connectivity index (χ4n) is 4.09. The number of aryl methyl sites for hydroxylation is 1. The van der Waals surface area contributed by atoms with E-state index in [2.05, 4.69) is 18.4 Å². The van der Waals surface area contributed by atoms with Gasteiger partial charge in [-0.05, 0) is 54.7 Å². The minimum atomic E-state index is -4.50. The number of fused-ring (bicyclic) bond motifs is 1. The summed E-state index contributed by atoms with van der Waals surface area (Å²) >= 11 is 0. The molecule has 2 aromatic carbocycles. The van der Waals surface area contributed by atoms with Gasteiger partial charge in [0.15, 0.2) is 0 Å². The second-order valence-electron chi connectivity index (χ2n) is 9.00. The Hall–Kier alpha value is -2.08. The minimum Gasteiger partial charge on any atom is -0.287 e. The lowest BCUT2D eigenvalue weighted by Crippen LogP contribution is -2.43. The van der Waals surface area contributed by atoms with Gasteiger partial charge in [0.25, 0.3) is 0 Å². The third kappa shape index (κ3) is 5.15. The van der Waals surface area contributed by atoms with Gasteiger partial charge in [-0.25, -0.2) is 5.01 Å². The Morgan fingerprint density at radius 1 is 1.03 bits per heavy atom. The average Bonchev–Trinajstić information content (AvgIpc) is 2.92. The highest BCUT2D eigenvalue weighted by Gasteiger charge is 2.51. The highest BCUT2D eigenvalue weighted by molar-refractivity contribution is 5.85. The molecular formula is C24H31F3N2O. The van der Waals surface area contributed by atoms with Crippen molar-refractivity contribution in [2.75, 3.05) is 6.54 Å². The van der Waals surface area contributed by atoms with Gasteiger partial charge in [0.2, 0.25) is 5.91 Å². The molecule has 1 unspecified atom stereocenters. The number of nitrogens with one attached hydrogen (secondary N) is 1. The van der Waals surface area contributed by atoms with Crippen molar-refractivity contribution >= 4 is 16.7 Å². The van der Waals surface area contributed by atoms with Crippen LogP contribution in [0.2, 0.25) is 0 Å². The molecule has 0 spiro atoms.